The maximum Gasteiger partial charge on any atom is 0.300 e. The number of carboxylic acids is 1. The van der Waals surface area contributed by atoms with Crippen molar-refractivity contribution in [3.8, 4) is 23.0 Å². The number of methoxy groups -OCH3 is 4. The Morgan fingerprint density at radius 1 is 0.967 bits per heavy atom. The lowest BCUT2D eigenvalue weighted by atomic mass is 9.83. The van der Waals surface area contributed by atoms with Crippen molar-refractivity contribution in [2.24, 2.45) is 0 Å². The lowest BCUT2D eigenvalue weighted by Crippen LogP contribution is -2.39. The average molecular weight is 415 g/mol. The molecule has 0 saturated heterocycles. The Hall–Kier alpha value is -2.93. The van der Waals surface area contributed by atoms with Gasteiger partial charge in [-0.15, -0.1) is 0 Å². The Kier molecular flexibility index (Phi) is 6.72. The molecule has 2 heterocycles. The molecule has 0 saturated carbocycles. The fraction of sp³-hybridized carbons (Fsp3) is 0.435. The molecule has 1 N–H and O–H groups in total. The smallest absolute Gasteiger partial charge is 0.300 e. The molecule has 0 aliphatic carbocycles. The van der Waals surface area contributed by atoms with Gasteiger partial charge in [-0.1, -0.05) is 6.07 Å². The molecule has 2 aliphatic heterocycles. The van der Waals surface area contributed by atoms with Gasteiger partial charge in [0.05, 0.1) is 28.4 Å². The third-order valence-electron chi connectivity index (χ3n) is 5.63. The number of hydrogen-bond acceptors (Lipinski definition) is 6. The van der Waals surface area contributed by atoms with E-state index in [1.54, 1.807) is 28.4 Å². The number of fused-ring (bicyclic) bond motifs is 4. The van der Waals surface area contributed by atoms with Crippen LogP contribution in [0.5, 0.6) is 23.0 Å². The van der Waals surface area contributed by atoms with Crippen molar-refractivity contribution >= 4 is 5.97 Å². The molecule has 4 rings (SSSR count). The normalized spacial score (nSPS) is 16.8. The summed E-state index contributed by atoms with van der Waals surface area (Å²) in [6.45, 7) is 2.97. The summed E-state index contributed by atoms with van der Waals surface area (Å²) in [5.41, 5.74) is 5.26. The summed E-state index contributed by atoms with van der Waals surface area (Å²) < 4.78 is 22.2. The summed E-state index contributed by atoms with van der Waals surface area (Å²) in [6, 6.07) is 8.81. The maximum absolute atomic E-state index is 9.00. The van der Waals surface area contributed by atoms with Gasteiger partial charge in [-0.3, -0.25) is 9.69 Å². The second kappa shape index (κ2) is 9.26. The summed E-state index contributed by atoms with van der Waals surface area (Å²) in [4.78, 5) is 11.5. The van der Waals surface area contributed by atoms with Crippen molar-refractivity contribution < 1.29 is 28.8 Å². The highest BCUT2D eigenvalue weighted by molar-refractivity contribution is 5.63. The van der Waals surface area contributed by atoms with E-state index in [9.17, 15) is 0 Å². The second-order valence-electron chi connectivity index (χ2n) is 7.30. The van der Waals surface area contributed by atoms with Crippen LogP contribution in [0.2, 0.25) is 0 Å². The first-order valence-corrected chi connectivity index (χ1v) is 9.84. The van der Waals surface area contributed by atoms with Gasteiger partial charge in [0.25, 0.3) is 5.97 Å². The zero-order valence-electron chi connectivity index (χ0n) is 18.2. The molecule has 0 bridgehead atoms. The lowest BCUT2D eigenvalue weighted by molar-refractivity contribution is -0.134. The highest BCUT2D eigenvalue weighted by Gasteiger charge is 2.34. The van der Waals surface area contributed by atoms with Crippen LogP contribution in [0.25, 0.3) is 0 Å². The van der Waals surface area contributed by atoms with Crippen molar-refractivity contribution in [3.63, 3.8) is 0 Å². The zero-order valence-corrected chi connectivity index (χ0v) is 18.2. The van der Waals surface area contributed by atoms with E-state index in [2.05, 4.69) is 23.1 Å². The van der Waals surface area contributed by atoms with E-state index in [1.165, 1.54) is 22.3 Å². The predicted octanol–water partition coefficient (Wildman–Crippen LogP) is 3.47. The van der Waals surface area contributed by atoms with Crippen LogP contribution in [-0.2, 0) is 24.2 Å². The Morgan fingerprint density at radius 2 is 1.60 bits per heavy atom. The SMILES string of the molecule is CC(=O)O.COc1cc2c(cc1OC)C1Cc3ccc(OC)c(OC)c3CN1CC2. The minimum Gasteiger partial charge on any atom is -0.493 e. The fourth-order valence-corrected chi connectivity index (χ4v) is 4.32. The molecular weight excluding hydrogens is 386 g/mol. The molecule has 7 nitrogen and oxygen atoms in total. The molecule has 1 atom stereocenters. The highest BCUT2D eigenvalue weighted by Crippen LogP contribution is 2.45. The van der Waals surface area contributed by atoms with Crippen LogP contribution in [0.15, 0.2) is 24.3 Å². The molecule has 7 heteroatoms. The van der Waals surface area contributed by atoms with Crippen molar-refractivity contribution in [2.45, 2.75) is 32.4 Å². The van der Waals surface area contributed by atoms with Gasteiger partial charge in [-0.05, 0) is 47.7 Å². The molecule has 1 unspecified atom stereocenters. The molecule has 0 fully saturated rings. The molecule has 2 aromatic carbocycles. The molecule has 0 radical (unpaired) electrons. The summed E-state index contributed by atoms with van der Waals surface area (Å²) in [5.74, 6) is 2.43. The summed E-state index contributed by atoms with van der Waals surface area (Å²) in [6.07, 6.45) is 1.96. The first kappa shape index (κ1) is 21.8. The first-order valence-electron chi connectivity index (χ1n) is 9.84. The highest BCUT2D eigenvalue weighted by atomic mass is 16.5. The number of nitrogens with zero attached hydrogens (tertiary/aromatic N) is 1. The summed E-state index contributed by atoms with van der Waals surface area (Å²) in [7, 11) is 6.79. The number of ether oxygens (including phenoxy) is 4. The number of carboxylic acid groups (broad SMARTS) is 1. The Balaban J connectivity index is 0.000000589. The van der Waals surface area contributed by atoms with Crippen LogP contribution in [0, 0.1) is 0 Å². The minimum atomic E-state index is -0.833. The van der Waals surface area contributed by atoms with Crippen molar-refractivity contribution in [1.82, 2.24) is 4.90 Å². The largest absolute Gasteiger partial charge is 0.493 e. The fourth-order valence-electron chi connectivity index (χ4n) is 4.32. The van der Waals surface area contributed by atoms with Gasteiger partial charge < -0.3 is 24.1 Å². The molecule has 2 aromatic rings. The van der Waals surface area contributed by atoms with Crippen LogP contribution in [0.4, 0.5) is 0 Å². The Bertz CT molecular complexity index is 922. The zero-order chi connectivity index (χ0) is 21.8. The number of benzene rings is 2. The Morgan fingerprint density at radius 3 is 2.20 bits per heavy atom. The first-order chi connectivity index (χ1) is 14.4. The number of carbonyl (C=O) groups is 1. The van der Waals surface area contributed by atoms with Gasteiger partial charge in [0.2, 0.25) is 0 Å². The van der Waals surface area contributed by atoms with E-state index in [0.717, 1.165) is 55.9 Å². The van der Waals surface area contributed by atoms with E-state index in [1.807, 2.05) is 6.07 Å². The topological polar surface area (TPSA) is 77.5 Å². The van der Waals surface area contributed by atoms with Gasteiger partial charge in [-0.2, -0.15) is 0 Å². The van der Waals surface area contributed by atoms with Gasteiger partial charge in [0.1, 0.15) is 0 Å². The van der Waals surface area contributed by atoms with Crippen LogP contribution < -0.4 is 18.9 Å². The quantitative estimate of drug-likeness (QED) is 0.819. The van der Waals surface area contributed by atoms with E-state index in [-0.39, 0.29) is 0 Å². The predicted molar refractivity (Wildman–Crippen MR) is 113 cm³/mol. The molecule has 2 aliphatic rings. The van der Waals surface area contributed by atoms with Gasteiger partial charge >= 0.3 is 0 Å². The molecule has 0 amide bonds. The van der Waals surface area contributed by atoms with E-state index in [0.29, 0.717) is 6.04 Å². The van der Waals surface area contributed by atoms with Crippen molar-refractivity contribution in [3.05, 3.63) is 46.5 Å². The molecule has 0 spiro atoms. The molecule has 162 valence electrons. The third kappa shape index (κ3) is 4.16. The Labute approximate surface area is 177 Å². The average Bonchev–Trinajstić information content (AvgIpc) is 2.75. The van der Waals surface area contributed by atoms with Crippen LogP contribution in [0.1, 0.15) is 35.2 Å². The molecule has 0 aromatic heterocycles. The number of rotatable bonds is 4. The maximum atomic E-state index is 9.00. The lowest BCUT2D eigenvalue weighted by Gasteiger charge is -2.42. The second-order valence-corrected chi connectivity index (χ2v) is 7.30. The van der Waals surface area contributed by atoms with Crippen molar-refractivity contribution in [2.75, 3.05) is 35.0 Å². The number of aliphatic carboxylic acids is 1. The van der Waals surface area contributed by atoms with Crippen LogP contribution >= 0.6 is 0 Å². The standard InChI is InChI=1S/C21H25NO4.C2H4O2/c1-23-18-6-5-13-9-17-15-11-20(25-3)19(24-2)10-14(15)7-8-22(17)12-16(13)21(18)26-4;1-2(3)4/h5-6,10-11,17H,7-9,12H2,1-4H3;1H3,(H,3,4). The van der Waals surface area contributed by atoms with Gasteiger partial charge in [0, 0.05) is 31.6 Å². The van der Waals surface area contributed by atoms with Crippen LogP contribution in [0.3, 0.4) is 0 Å². The van der Waals surface area contributed by atoms with E-state index >= 15 is 0 Å². The summed E-state index contributed by atoms with van der Waals surface area (Å²) >= 11 is 0. The third-order valence-corrected chi connectivity index (χ3v) is 5.63. The minimum absolute atomic E-state index is 0.351. The van der Waals surface area contributed by atoms with Crippen LogP contribution in [-0.4, -0.2) is 51.0 Å². The molecule has 30 heavy (non-hydrogen) atoms. The molecular formula is C23H29NO6. The van der Waals surface area contributed by atoms with E-state index < -0.39 is 5.97 Å². The van der Waals surface area contributed by atoms with Gasteiger partial charge in [0.15, 0.2) is 23.0 Å². The number of hydrogen-bond donors (Lipinski definition) is 1. The van der Waals surface area contributed by atoms with Crippen molar-refractivity contribution in [1.29, 1.82) is 0 Å². The summed E-state index contributed by atoms with van der Waals surface area (Å²) in [5, 5.41) is 7.42. The van der Waals surface area contributed by atoms with Gasteiger partial charge in [-0.25, -0.2) is 0 Å². The van der Waals surface area contributed by atoms with E-state index in [4.69, 9.17) is 28.8 Å². The monoisotopic (exact) mass is 415 g/mol.